The van der Waals surface area contributed by atoms with Crippen LogP contribution in [0.15, 0.2) is 91.0 Å². The molecule has 0 aromatic heterocycles. The van der Waals surface area contributed by atoms with Gasteiger partial charge in [0.2, 0.25) is 0 Å². The molecule has 38 heavy (non-hydrogen) atoms. The number of amides is 1. The molecule has 2 unspecified atom stereocenters. The van der Waals surface area contributed by atoms with E-state index in [1.807, 2.05) is 66.7 Å². The van der Waals surface area contributed by atoms with E-state index in [2.05, 4.69) is 20.8 Å². The molecule has 0 fully saturated rings. The van der Waals surface area contributed by atoms with E-state index in [1.54, 1.807) is 24.3 Å². The van der Waals surface area contributed by atoms with Gasteiger partial charge in [-0.1, -0.05) is 112 Å². The first-order chi connectivity index (χ1) is 18.1. The maximum atomic E-state index is 13.7. The van der Waals surface area contributed by atoms with Crippen molar-refractivity contribution in [2.75, 3.05) is 13.2 Å². The lowest BCUT2D eigenvalue weighted by Gasteiger charge is -2.44. The van der Waals surface area contributed by atoms with Crippen LogP contribution in [0.5, 0.6) is 0 Å². The number of benzene rings is 3. The molecule has 0 radical (unpaired) electrons. The van der Waals surface area contributed by atoms with Crippen molar-refractivity contribution >= 4 is 24.8 Å². The fourth-order valence-electron chi connectivity index (χ4n) is 4.76. The minimum Gasteiger partial charge on any atom is -0.445 e. The molecule has 0 aliphatic carbocycles. The molecule has 3 rings (SSSR count). The Balaban J connectivity index is 1.96. The number of halogens is 2. The third-order valence-electron chi connectivity index (χ3n) is 6.62. The molecule has 1 amide bonds. The molecule has 0 saturated heterocycles. The minimum absolute atomic E-state index is 0.0679. The third kappa shape index (κ3) is 7.06. The van der Waals surface area contributed by atoms with Crippen molar-refractivity contribution in [3.8, 4) is 0 Å². The fourth-order valence-corrected chi connectivity index (χ4v) is 9.33. The van der Waals surface area contributed by atoms with Crippen molar-refractivity contribution < 1.29 is 27.8 Å². The van der Waals surface area contributed by atoms with E-state index in [4.69, 9.17) is 9.16 Å². The summed E-state index contributed by atoms with van der Waals surface area (Å²) in [4.78, 5) is 14.0. The summed E-state index contributed by atoms with van der Waals surface area (Å²) in [6.07, 6.45) is -4.88. The summed E-state index contributed by atoms with van der Waals surface area (Å²) in [5.41, 5.74) is 0.731. The van der Waals surface area contributed by atoms with Crippen molar-refractivity contribution in [3.63, 3.8) is 0 Å². The highest BCUT2D eigenvalue weighted by Gasteiger charge is 2.51. The van der Waals surface area contributed by atoms with Crippen molar-refractivity contribution in [2.24, 2.45) is 0 Å². The number of hydrogen-bond donors (Lipinski definition) is 1. The highest BCUT2D eigenvalue weighted by atomic mass is 28.4. The monoisotopic (exact) mass is 541 g/mol. The van der Waals surface area contributed by atoms with Crippen molar-refractivity contribution in [1.82, 2.24) is 4.90 Å². The third-order valence-corrected chi connectivity index (χ3v) is 11.6. The average Bonchev–Trinajstić information content (AvgIpc) is 2.89. The van der Waals surface area contributed by atoms with Gasteiger partial charge in [-0.15, -0.1) is 0 Å². The van der Waals surface area contributed by atoms with Crippen molar-refractivity contribution in [2.45, 2.75) is 57.9 Å². The van der Waals surface area contributed by atoms with Crippen molar-refractivity contribution in [3.05, 3.63) is 96.6 Å². The molecule has 0 heterocycles. The van der Waals surface area contributed by atoms with Gasteiger partial charge >= 0.3 is 6.09 Å². The van der Waals surface area contributed by atoms with Gasteiger partial charge in [0.15, 0.2) is 0 Å². The topological polar surface area (TPSA) is 59.0 Å². The number of nitrogens with zero attached hydrogens (tertiary/aromatic N) is 1. The largest absolute Gasteiger partial charge is 0.445 e. The number of carbonyl (C=O) groups excluding carboxylic acids is 1. The van der Waals surface area contributed by atoms with Crippen molar-refractivity contribution in [1.29, 1.82) is 0 Å². The lowest BCUT2D eigenvalue weighted by atomic mass is 10.1. The van der Waals surface area contributed by atoms with Crippen LogP contribution in [-0.4, -0.2) is 56.1 Å². The van der Waals surface area contributed by atoms with Crippen LogP contribution in [0.1, 0.15) is 33.3 Å². The van der Waals surface area contributed by atoms with Gasteiger partial charge in [0, 0.05) is 0 Å². The van der Waals surface area contributed by atoms with Crippen LogP contribution in [0, 0.1) is 0 Å². The number of hydrogen-bond acceptors (Lipinski definition) is 4. The highest BCUT2D eigenvalue weighted by molar-refractivity contribution is 6.99. The van der Waals surface area contributed by atoms with Crippen LogP contribution in [-0.2, 0) is 15.8 Å². The van der Waals surface area contributed by atoms with Crippen LogP contribution in [0.25, 0.3) is 0 Å². The summed E-state index contributed by atoms with van der Waals surface area (Å²) < 4.78 is 39.6. The predicted molar refractivity (Wildman–Crippen MR) is 148 cm³/mol. The van der Waals surface area contributed by atoms with E-state index in [0.29, 0.717) is 0 Å². The molecule has 8 heteroatoms. The Hall–Kier alpha value is -3.07. The van der Waals surface area contributed by atoms with Gasteiger partial charge in [0.05, 0.1) is 25.3 Å². The lowest BCUT2D eigenvalue weighted by molar-refractivity contribution is -0.00781. The Morgan fingerprint density at radius 1 is 0.895 bits per heavy atom. The number of aliphatic hydroxyl groups is 1. The summed E-state index contributed by atoms with van der Waals surface area (Å²) in [5, 5.41) is 12.4. The molecule has 0 spiro atoms. The van der Waals surface area contributed by atoms with Crippen LogP contribution < -0.4 is 10.4 Å². The molecular weight excluding hydrogens is 504 g/mol. The maximum absolute atomic E-state index is 13.7. The Bertz CT molecular complexity index is 1090. The number of rotatable bonds is 11. The van der Waals surface area contributed by atoms with Crippen LogP contribution in [0.2, 0.25) is 5.04 Å². The van der Waals surface area contributed by atoms with Gasteiger partial charge in [-0.2, -0.15) is 0 Å². The second-order valence-electron chi connectivity index (χ2n) is 10.4. The smallest absolute Gasteiger partial charge is 0.410 e. The van der Waals surface area contributed by atoms with Gasteiger partial charge in [-0.3, -0.25) is 4.90 Å². The standard InChI is InChI=1S/C30H37F2NO4Si/c1-23(34)27(33(20-28(31)32)29(35)36-21-24-14-8-5-9-15-24)22-37-38(30(2,3)4,25-16-10-6-11-17-25)26-18-12-7-13-19-26/h5-19,23,27-28,34H,20-22H2,1-4H3. The van der Waals surface area contributed by atoms with E-state index in [9.17, 15) is 18.7 Å². The minimum atomic E-state index is -3.03. The molecule has 0 aliphatic rings. The van der Waals surface area contributed by atoms with E-state index in [-0.39, 0.29) is 18.3 Å². The van der Waals surface area contributed by atoms with Crippen LogP contribution in [0.3, 0.4) is 0 Å². The zero-order valence-electron chi connectivity index (χ0n) is 22.4. The quantitative estimate of drug-likeness (QED) is 0.339. The predicted octanol–water partition coefficient (Wildman–Crippen LogP) is 5.22. The number of carbonyl (C=O) groups is 1. The summed E-state index contributed by atoms with van der Waals surface area (Å²) >= 11 is 0. The lowest BCUT2D eigenvalue weighted by Crippen LogP contribution is -2.68. The summed E-state index contributed by atoms with van der Waals surface area (Å²) in [7, 11) is -3.03. The number of ether oxygens (including phenoxy) is 1. The molecule has 0 saturated carbocycles. The molecule has 1 N–H and O–H groups in total. The number of aliphatic hydroxyl groups excluding tert-OH is 1. The van der Waals surface area contributed by atoms with E-state index in [0.717, 1.165) is 20.8 Å². The summed E-state index contributed by atoms with van der Waals surface area (Å²) in [6.45, 7) is 6.68. The molecule has 5 nitrogen and oxygen atoms in total. The van der Waals surface area contributed by atoms with Gasteiger partial charge in [0.1, 0.15) is 6.61 Å². The molecule has 0 bridgehead atoms. The Labute approximate surface area is 225 Å². The normalized spacial score (nSPS) is 13.7. The fraction of sp³-hybridized carbons (Fsp3) is 0.367. The zero-order chi connectivity index (χ0) is 27.8. The molecular formula is C30H37F2NO4Si. The first-order valence-corrected chi connectivity index (χ1v) is 14.7. The average molecular weight is 542 g/mol. The van der Waals surface area contributed by atoms with Crippen LogP contribution >= 0.6 is 0 Å². The van der Waals surface area contributed by atoms with E-state index >= 15 is 0 Å². The highest BCUT2D eigenvalue weighted by Crippen LogP contribution is 2.37. The second kappa shape index (κ2) is 13.1. The SMILES string of the molecule is CC(O)C(CO[Si](c1ccccc1)(c1ccccc1)C(C)(C)C)N(CC(F)F)C(=O)OCc1ccccc1. The molecule has 3 aromatic carbocycles. The van der Waals surface area contributed by atoms with E-state index in [1.165, 1.54) is 6.92 Å². The Morgan fingerprint density at radius 3 is 1.79 bits per heavy atom. The Morgan fingerprint density at radius 2 is 1.37 bits per heavy atom. The van der Waals surface area contributed by atoms with Gasteiger partial charge in [0.25, 0.3) is 14.7 Å². The Kier molecular flexibility index (Phi) is 10.2. The molecule has 204 valence electrons. The van der Waals surface area contributed by atoms with E-state index < -0.39 is 39.5 Å². The van der Waals surface area contributed by atoms with Crippen LogP contribution in [0.4, 0.5) is 13.6 Å². The zero-order valence-corrected chi connectivity index (χ0v) is 23.4. The van der Waals surface area contributed by atoms with Gasteiger partial charge in [-0.05, 0) is 27.9 Å². The van der Waals surface area contributed by atoms with Gasteiger partial charge in [-0.25, -0.2) is 13.6 Å². The first kappa shape index (κ1) is 29.5. The molecule has 2 atom stereocenters. The molecule has 3 aromatic rings. The number of alkyl halides is 2. The summed E-state index contributed by atoms with van der Waals surface area (Å²) in [5.74, 6) is 0. The maximum Gasteiger partial charge on any atom is 0.410 e. The molecule has 0 aliphatic heterocycles. The van der Waals surface area contributed by atoms with Gasteiger partial charge < -0.3 is 14.3 Å². The second-order valence-corrected chi connectivity index (χ2v) is 14.7. The first-order valence-electron chi connectivity index (χ1n) is 12.7. The summed E-state index contributed by atoms with van der Waals surface area (Å²) in [6, 6.07) is 27.7.